The Morgan fingerprint density at radius 1 is 1.15 bits per heavy atom. The molecule has 0 N–H and O–H groups in total. The van der Waals surface area contributed by atoms with E-state index in [9.17, 15) is 0 Å². The molecule has 1 fully saturated rings. The van der Waals surface area contributed by atoms with Gasteiger partial charge in [-0.2, -0.15) is 5.10 Å². The van der Waals surface area contributed by atoms with Crippen molar-refractivity contribution in [3.05, 3.63) is 53.3 Å². The quantitative estimate of drug-likeness (QED) is 0.669. The summed E-state index contributed by atoms with van der Waals surface area (Å²) in [6.07, 6.45) is 7.17. The first-order chi connectivity index (χ1) is 13.1. The van der Waals surface area contributed by atoms with Crippen molar-refractivity contribution in [2.45, 2.75) is 52.6 Å². The first kappa shape index (κ1) is 20.1. The van der Waals surface area contributed by atoms with Gasteiger partial charge in [0.1, 0.15) is 0 Å². The average Bonchev–Trinajstić information content (AvgIpc) is 3.02. The summed E-state index contributed by atoms with van der Waals surface area (Å²) in [5, 5.41) is 4.71. The average molecular weight is 369 g/mol. The van der Waals surface area contributed by atoms with Gasteiger partial charge in [-0.1, -0.05) is 37.3 Å². The van der Waals surface area contributed by atoms with Gasteiger partial charge in [-0.05, 0) is 64.2 Å². The van der Waals surface area contributed by atoms with Gasteiger partial charge in [0.2, 0.25) is 0 Å². The number of benzene rings is 1. The van der Waals surface area contributed by atoms with Crippen molar-refractivity contribution in [1.82, 2.24) is 19.6 Å². The number of likely N-dealkylation sites (tertiary alicyclic amines) is 1. The van der Waals surface area contributed by atoms with Crippen LogP contribution in [0.25, 0.3) is 0 Å². The highest BCUT2D eigenvalue weighted by molar-refractivity contribution is 5.17. The molecular weight excluding hydrogens is 332 g/mol. The van der Waals surface area contributed by atoms with E-state index in [-0.39, 0.29) is 0 Å². The van der Waals surface area contributed by atoms with E-state index in [1.807, 2.05) is 0 Å². The molecule has 0 bridgehead atoms. The molecule has 0 unspecified atom stereocenters. The lowest BCUT2D eigenvalue weighted by molar-refractivity contribution is 0.156. The van der Waals surface area contributed by atoms with E-state index < -0.39 is 0 Å². The third-order valence-electron chi connectivity index (χ3n) is 5.81. The second-order valence-electron chi connectivity index (χ2n) is 8.22. The molecule has 0 aliphatic carbocycles. The number of rotatable bonds is 9. The van der Waals surface area contributed by atoms with Gasteiger partial charge in [-0.15, -0.1) is 0 Å². The summed E-state index contributed by atoms with van der Waals surface area (Å²) >= 11 is 0. The second kappa shape index (κ2) is 10.0. The zero-order valence-electron chi connectivity index (χ0n) is 17.4. The highest BCUT2D eigenvalue weighted by Crippen LogP contribution is 2.20. The van der Waals surface area contributed by atoms with Crippen LogP contribution in [0.15, 0.2) is 36.5 Å². The molecule has 0 saturated carbocycles. The molecule has 1 aliphatic heterocycles. The number of hydrogen-bond donors (Lipinski definition) is 0. The zero-order chi connectivity index (χ0) is 19.1. The van der Waals surface area contributed by atoms with Crippen LogP contribution in [0.4, 0.5) is 0 Å². The lowest BCUT2D eigenvalue weighted by Gasteiger charge is -2.33. The Balaban J connectivity index is 1.64. The van der Waals surface area contributed by atoms with Crippen molar-refractivity contribution in [1.29, 1.82) is 0 Å². The van der Waals surface area contributed by atoms with Gasteiger partial charge >= 0.3 is 0 Å². The molecule has 1 aromatic heterocycles. The van der Waals surface area contributed by atoms with Crippen LogP contribution >= 0.6 is 0 Å². The van der Waals surface area contributed by atoms with Gasteiger partial charge in [0.15, 0.2) is 0 Å². The summed E-state index contributed by atoms with van der Waals surface area (Å²) in [6.45, 7) is 11.2. The largest absolute Gasteiger partial charge is 0.306 e. The van der Waals surface area contributed by atoms with Gasteiger partial charge in [0, 0.05) is 37.9 Å². The van der Waals surface area contributed by atoms with Crippen LogP contribution in [0.1, 0.15) is 43.0 Å². The molecule has 27 heavy (non-hydrogen) atoms. The Morgan fingerprint density at radius 2 is 1.89 bits per heavy atom. The Hall–Kier alpha value is -1.65. The number of aryl methyl sites for hydroxylation is 2. The van der Waals surface area contributed by atoms with Crippen molar-refractivity contribution in [2.24, 2.45) is 5.92 Å². The van der Waals surface area contributed by atoms with Gasteiger partial charge in [-0.3, -0.25) is 9.58 Å². The Labute approximate surface area is 165 Å². The van der Waals surface area contributed by atoms with E-state index in [2.05, 4.69) is 71.9 Å². The maximum Gasteiger partial charge on any atom is 0.0638 e. The Kier molecular flexibility index (Phi) is 7.48. The van der Waals surface area contributed by atoms with Crippen LogP contribution < -0.4 is 0 Å². The van der Waals surface area contributed by atoms with Crippen molar-refractivity contribution < 1.29 is 0 Å². The number of aromatic nitrogens is 2. The summed E-state index contributed by atoms with van der Waals surface area (Å²) in [4.78, 5) is 5.13. The smallest absolute Gasteiger partial charge is 0.0638 e. The molecule has 0 spiro atoms. The third-order valence-corrected chi connectivity index (χ3v) is 5.81. The molecule has 1 aliphatic rings. The summed E-state index contributed by atoms with van der Waals surface area (Å²) in [5.74, 6) is 0.822. The summed E-state index contributed by atoms with van der Waals surface area (Å²) in [6, 6.07) is 10.9. The number of nitrogens with zero attached hydrogens (tertiary/aromatic N) is 4. The molecular formula is C23H36N4. The highest BCUT2D eigenvalue weighted by atomic mass is 15.3. The van der Waals surface area contributed by atoms with Crippen LogP contribution in [-0.4, -0.2) is 52.8 Å². The maximum atomic E-state index is 4.71. The van der Waals surface area contributed by atoms with E-state index in [0.29, 0.717) is 0 Å². The van der Waals surface area contributed by atoms with Crippen molar-refractivity contribution in [3.63, 3.8) is 0 Å². The van der Waals surface area contributed by atoms with E-state index in [1.165, 1.54) is 49.3 Å². The fourth-order valence-corrected chi connectivity index (χ4v) is 4.08. The lowest BCUT2D eigenvalue weighted by Crippen LogP contribution is -2.37. The molecule has 1 aromatic carbocycles. The Morgan fingerprint density at radius 3 is 2.59 bits per heavy atom. The minimum absolute atomic E-state index is 0.822. The van der Waals surface area contributed by atoms with E-state index in [4.69, 9.17) is 5.10 Å². The maximum absolute atomic E-state index is 4.71. The van der Waals surface area contributed by atoms with Crippen molar-refractivity contribution >= 4 is 0 Å². The predicted molar refractivity (Wildman–Crippen MR) is 113 cm³/mol. The zero-order valence-corrected chi connectivity index (χ0v) is 17.4. The molecule has 2 heterocycles. The van der Waals surface area contributed by atoms with E-state index in [1.54, 1.807) is 0 Å². The van der Waals surface area contributed by atoms with Crippen LogP contribution in [0, 0.1) is 12.8 Å². The minimum Gasteiger partial charge on any atom is -0.306 e. The van der Waals surface area contributed by atoms with Crippen LogP contribution in [0.2, 0.25) is 0 Å². The molecule has 3 rings (SSSR count). The summed E-state index contributed by atoms with van der Waals surface area (Å²) in [5.41, 5.74) is 4.02. The first-order valence-electron chi connectivity index (χ1n) is 10.6. The molecule has 0 atom stereocenters. The molecule has 148 valence electrons. The minimum atomic E-state index is 0.822. The van der Waals surface area contributed by atoms with Crippen LogP contribution in [0.3, 0.4) is 0 Å². The highest BCUT2D eigenvalue weighted by Gasteiger charge is 2.20. The summed E-state index contributed by atoms with van der Waals surface area (Å²) < 4.78 is 2.12. The fourth-order valence-electron chi connectivity index (χ4n) is 4.08. The molecule has 0 amide bonds. The Bertz CT molecular complexity index is 671. The van der Waals surface area contributed by atoms with Gasteiger partial charge in [0.25, 0.3) is 0 Å². The molecule has 2 aromatic rings. The predicted octanol–water partition coefficient (Wildman–Crippen LogP) is 3.99. The van der Waals surface area contributed by atoms with E-state index >= 15 is 0 Å². The van der Waals surface area contributed by atoms with Crippen molar-refractivity contribution in [3.8, 4) is 0 Å². The SMILES string of the molecule is CCCn1cc(CN(CCc2ccccc2)CC2CCN(C)CC2)c(C)n1. The fraction of sp³-hybridized carbons (Fsp3) is 0.609. The van der Waals surface area contributed by atoms with Crippen molar-refractivity contribution in [2.75, 3.05) is 33.2 Å². The second-order valence-corrected chi connectivity index (χ2v) is 8.22. The number of piperidine rings is 1. The number of hydrogen-bond acceptors (Lipinski definition) is 3. The van der Waals surface area contributed by atoms with E-state index in [0.717, 1.165) is 38.4 Å². The standard InChI is InChI=1S/C23H36N4/c1-4-13-27-19-23(20(2)24-27)18-26(16-12-21-8-6-5-7-9-21)17-22-10-14-25(3)15-11-22/h5-9,19,22H,4,10-18H2,1-3H3. The molecule has 4 heteroatoms. The normalized spacial score (nSPS) is 16.3. The molecule has 1 saturated heterocycles. The summed E-state index contributed by atoms with van der Waals surface area (Å²) in [7, 11) is 2.24. The van der Waals surface area contributed by atoms with Crippen LogP contribution in [-0.2, 0) is 19.5 Å². The monoisotopic (exact) mass is 368 g/mol. The van der Waals surface area contributed by atoms with Crippen LogP contribution in [0.5, 0.6) is 0 Å². The molecule has 0 radical (unpaired) electrons. The van der Waals surface area contributed by atoms with Gasteiger partial charge in [-0.25, -0.2) is 0 Å². The third kappa shape index (κ3) is 6.18. The van der Waals surface area contributed by atoms with Gasteiger partial charge in [0.05, 0.1) is 5.69 Å². The van der Waals surface area contributed by atoms with Gasteiger partial charge < -0.3 is 4.90 Å². The molecule has 4 nitrogen and oxygen atoms in total. The topological polar surface area (TPSA) is 24.3 Å². The lowest BCUT2D eigenvalue weighted by atomic mass is 9.96. The first-order valence-corrected chi connectivity index (χ1v) is 10.6.